The molecule has 1 amide bonds. The Morgan fingerprint density at radius 3 is 2.40 bits per heavy atom. The van der Waals surface area contributed by atoms with Crippen LogP contribution in [0, 0.1) is 16.9 Å². The Bertz CT molecular complexity index is 173. The summed E-state index contributed by atoms with van der Waals surface area (Å²) in [6, 6.07) is 1.82. The average Bonchev–Trinajstić information content (AvgIpc) is 1.90. The zero-order valence-electron chi connectivity index (χ0n) is 5.83. The second-order valence-corrected chi connectivity index (χ2v) is 2.22. The molecule has 0 aliphatic rings. The largest absolute Gasteiger partial charge is 0.277 e. The third-order valence-corrected chi connectivity index (χ3v) is 1.05. The van der Waals surface area contributed by atoms with Gasteiger partial charge in [-0.25, -0.2) is 0 Å². The quantitative estimate of drug-likeness (QED) is 0.355. The lowest BCUT2D eigenvalue weighted by molar-refractivity contribution is -0.122. The Morgan fingerprint density at radius 1 is 1.80 bits per heavy atom. The molecule has 0 fully saturated rings. The van der Waals surface area contributed by atoms with Crippen LogP contribution in [0.2, 0.25) is 0 Å². The van der Waals surface area contributed by atoms with Gasteiger partial charge in [-0.15, -0.1) is 0 Å². The van der Waals surface area contributed by atoms with Crippen molar-refractivity contribution in [2.45, 2.75) is 19.4 Å². The first-order valence-electron chi connectivity index (χ1n) is 2.61. The molecule has 0 aliphatic carbocycles. The third-order valence-electron chi connectivity index (χ3n) is 1.05. The molecule has 0 aromatic carbocycles. The summed E-state index contributed by atoms with van der Waals surface area (Å²) in [7, 11) is 0. The van der Waals surface area contributed by atoms with Crippen LogP contribution < -0.4 is 0 Å². The van der Waals surface area contributed by atoms with E-state index < -0.39 is 5.54 Å². The fraction of sp³-hybridized carbons (Fsp3) is 0.600. The summed E-state index contributed by atoms with van der Waals surface area (Å²) in [5, 5.41) is 12.0. The Hall–Kier alpha value is -1.44. The summed E-state index contributed by atoms with van der Waals surface area (Å²) in [4.78, 5) is 10.1. The van der Waals surface area contributed by atoms with Crippen molar-refractivity contribution in [3.8, 4) is 6.07 Å². The van der Waals surface area contributed by atoms with Gasteiger partial charge in [-0.1, -0.05) is 5.22 Å². The van der Waals surface area contributed by atoms with Gasteiger partial charge in [0, 0.05) is 0 Å². The number of amides is 1. The normalized spacial score (nSPS) is 9.70. The molecule has 0 radical (unpaired) electrons. The maximum Gasteiger partial charge on any atom is 0.232 e. The maximum atomic E-state index is 10.1. The molecule has 0 bridgehead atoms. The highest BCUT2D eigenvalue weighted by Gasteiger charge is 2.24. The molecule has 5 nitrogen and oxygen atoms in total. The smallest absolute Gasteiger partial charge is 0.232 e. The minimum Gasteiger partial charge on any atom is -0.277 e. The van der Waals surface area contributed by atoms with Gasteiger partial charge in [-0.3, -0.25) is 4.79 Å². The van der Waals surface area contributed by atoms with Gasteiger partial charge in [0.2, 0.25) is 6.41 Å². The third kappa shape index (κ3) is 1.52. The monoisotopic (exact) mass is 140 g/mol. The van der Waals surface area contributed by atoms with Gasteiger partial charge in [-0.05, 0) is 13.8 Å². The lowest BCUT2D eigenvalue weighted by Gasteiger charge is -2.21. The number of hydrogen-bond acceptors (Lipinski definition) is 4. The Kier molecular flexibility index (Phi) is 2.50. The van der Waals surface area contributed by atoms with Crippen molar-refractivity contribution >= 4 is 6.41 Å². The second kappa shape index (κ2) is 2.92. The van der Waals surface area contributed by atoms with Crippen LogP contribution in [-0.4, -0.2) is 17.0 Å². The number of nitrogens with zero attached hydrogens (tertiary/aromatic N) is 3. The second-order valence-electron chi connectivity index (χ2n) is 2.22. The zero-order chi connectivity index (χ0) is 8.20. The van der Waals surface area contributed by atoms with E-state index in [1.165, 1.54) is 13.8 Å². The molecule has 0 aliphatic heterocycles. The summed E-state index contributed by atoms with van der Waals surface area (Å²) in [5.41, 5.74) is 5.46. The number of rotatable bonds is 3. The van der Waals surface area contributed by atoms with E-state index in [0.29, 0.717) is 6.41 Å². The van der Waals surface area contributed by atoms with Gasteiger partial charge in [0.1, 0.15) is 5.54 Å². The molecule has 0 aromatic rings. The highest BCUT2D eigenvalue weighted by Crippen LogP contribution is 2.09. The summed E-state index contributed by atoms with van der Waals surface area (Å²) >= 11 is 0. The predicted octanol–water partition coefficient (Wildman–Crippen LogP) is 0.693. The van der Waals surface area contributed by atoms with E-state index in [4.69, 9.17) is 10.8 Å². The van der Waals surface area contributed by atoms with E-state index in [1.54, 1.807) is 0 Å². The minimum absolute atomic E-state index is 0.343. The van der Waals surface area contributed by atoms with E-state index in [2.05, 4.69) is 5.22 Å². The molecular formula is C5H8N4O. The lowest BCUT2D eigenvalue weighted by Crippen LogP contribution is -2.37. The van der Waals surface area contributed by atoms with Crippen LogP contribution in [0.15, 0.2) is 5.22 Å². The van der Waals surface area contributed by atoms with E-state index in [1.807, 2.05) is 6.07 Å². The van der Waals surface area contributed by atoms with Gasteiger partial charge in [-0.2, -0.15) is 15.8 Å². The highest BCUT2D eigenvalue weighted by molar-refractivity contribution is 5.49. The molecule has 10 heavy (non-hydrogen) atoms. The Morgan fingerprint density at radius 2 is 2.30 bits per heavy atom. The van der Waals surface area contributed by atoms with Crippen LogP contribution in [0.5, 0.6) is 0 Å². The molecule has 54 valence electrons. The molecule has 0 spiro atoms. The van der Waals surface area contributed by atoms with Gasteiger partial charge in [0.25, 0.3) is 0 Å². The lowest BCUT2D eigenvalue weighted by atomic mass is 10.1. The summed E-state index contributed by atoms with van der Waals surface area (Å²) in [5.74, 6) is 0. The van der Waals surface area contributed by atoms with Gasteiger partial charge < -0.3 is 0 Å². The van der Waals surface area contributed by atoms with Gasteiger partial charge >= 0.3 is 0 Å². The molecule has 0 saturated carbocycles. The van der Waals surface area contributed by atoms with Crippen LogP contribution in [0.25, 0.3) is 0 Å². The molecule has 1 N–H and O–H groups in total. The van der Waals surface area contributed by atoms with Gasteiger partial charge in [0.05, 0.1) is 6.07 Å². The van der Waals surface area contributed by atoms with Crippen LogP contribution in [0.1, 0.15) is 13.8 Å². The number of hydrogen-bond donors (Lipinski definition) is 1. The maximum absolute atomic E-state index is 10.1. The van der Waals surface area contributed by atoms with Crippen LogP contribution in [0.4, 0.5) is 0 Å². The van der Waals surface area contributed by atoms with Crippen molar-refractivity contribution in [3.63, 3.8) is 0 Å². The topological polar surface area (TPSA) is 80.3 Å². The molecule has 0 heterocycles. The number of carbonyl (C=O) groups is 1. The summed E-state index contributed by atoms with van der Waals surface area (Å²) in [6.07, 6.45) is 0.343. The number of carbonyl (C=O) groups excluding carboxylic acids is 1. The van der Waals surface area contributed by atoms with E-state index in [9.17, 15) is 4.79 Å². The van der Waals surface area contributed by atoms with Crippen LogP contribution in [0.3, 0.4) is 0 Å². The zero-order valence-corrected chi connectivity index (χ0v) is 5.83. The molecule has 0 aromatic heterocycles. The van der Waals surface area contributed by atoms with E-state index in [0.717, 1.165) is 5.01 Å². The Labute approximate surface area is 58.7 Å². The molecule has 0 rings (SSSR count). The predicted molar refractivity (Wildman–Crippen MR) is 32.7 cm³/mol. The van der Waals surface area contributed by atoms with Crippen molar-refractivity contribution in [3.05, 3.63) is 0 Å². The highest BCUT2D eigenvalue weighted by atomic mass is 16.1. The van der Waals surface area contributed by atoms with Crippen molar-refractivity contribution < 1.29 is 4.79 Å². The van der Waals surface area contributed by atoms with Gasteiger partial charge in [0.15, 0.2) is 0 Å². The first-order valence-corrected chi connectivity index (χ1v) is 2.61. The summed E-state index contributed by atoms with van der Waals surface area (Å²) < 4.78 is 0. The van der Waals surface area contributed by atoms with Crippen molar-refractivity contribution in [2.75, 3.05) is 0 Å². The fourth-order valence-electron chi connectivity index (χ4n) is 0.332. The standard InChI is InChI=1S/C5H8N4O/c1-5(2,3-6)9(4-10)8-7/h4,7H,1-2H3. The number of nitrogens with one attached hydrogen (secondary N) is 1. The Balaban J connectivity index is 4.44. The van der Waals surface area contributed by atoms with Crippen LogP contribution in [-0.2, 0) is 4.79 Å². The molecule has 0 atom stereocenters. The van der Waals surface area contributed by atoms with E-state index in [-0.39, 0.29) is 0 Å². The minimum atomic E-state index is -1.02. The molecular weight excluding hydrogens is 132 g/mol. The molecule has 5 heteroatoms. The first-order chi connectivity index (χ1) is 4.58. The van der Waals surface area contributed by atoms with E-state index >= 15 is 0 Å². The van der Waals surface area contributed by atoms with Crippen molar-refractivity contribution in [1.82, 2.24) is 5.01 Å². The molecule has 0 saturated heterocycles. The number of nitriles is 1. The van der Waals surface area contributed by atoms with Crippen molar-refractivity contribution in [1.29, 1.82) is 10.8 Å². The van der Waals surface area contributed by atoms with Crippen LogP contribution >= 0.6 is 0 Å². The van der Waals surface area contributed by atoms with Crippen molar-refractivity contribution in [2.24, 2.45) is 5.22 Å². The SMILES string of the molecule is CC(C)(C#N)N(C=O)N=N. The molecule has 0 unspecified atom stereocenters. The summed E-state index contributed by atoms with van der Waals surface area (Å²) in [6.45, 7) is 3.00. The fourth-order valence-corrected chi connectivity index (χ4v) is 0.332. The first kappa shape index (κ1) is 8.56. The average molecular weight is 140 g/mol.